The first kappa shape index (κ1) is 23.5. The molecule has 1 aromatic heterocycles. The van der Waals surface area contributed by atoms with E-state index in [1.807, 2.05) is 48.5 Å². The Morgan fingerprint density at radius 3 is 2.41 bits per heavy atom. The highest BCUT2D eigenvalue weighted by Gasteiger charge is 2.11. The molecule has 9 heteroatoms. The van der Waals surface area contributed by atoms with Gasteiger partial charge in [-0.2, -0.15) is 0 Å². The van der Waals surface area contributed by atoms with Crippen molar-refractivity contribution in [2.75, 3.05) is 21.7 Å². The largest absolute Gasteiger partial charge is 0.340 e. The molecular formula is C25H20BrN5O2S. The van der Waals surface area contributed by atoms with Crippen LogP contribution in [-0.2, 0) is 9.59 Å². The fourth-order valence-electron chi connectivity index (χ4n) is 3.08. The highest BCUT2D eigenvalue weighted by atomic mass is 79.9. The molecule has 2 amide bonds. The molecule has 3 aromatic carbocycles. The van der Waals surface area contributed by atoms with E-state index in [4.69, 9.17) is 0 Å². The van der Waals surface area contributed by atoms with Crippen LogP contribution >= 0.6 is 27.7 Å². The number of para-hydroxylation sites is 1. The Balaban J connectivity index is 1.46. The van der Waals surface area contributed by atoms with E-state index in [0.29, 0.717) is 22.3 Å². The van der Waals surface area contributed by atoms with Crippen LogP contribution in [0.2, 0.25) is 0 Å². The summed E-state index contributed by atoms with van der Waals surface area (Å²) in [5.74, 6) is 0.261. The molecule has 0 fully saturated rings. The van der Waals surface area contributed by atoms with E-state index >= 15 is 0 Å². The van der Waals surface area contributed by atoms with Crippen LogP contribution in [0.25, 0.3) is 10.9 Å². The summed E-state index contributed by atoms with van der Waals surface area (Å²) in [6.07, 6.45) is 1.19. The van der Waals surface area contributed by atoms with Gasteiger partial charge in [0.2, 0.25) is 11.8 Å². The van der Waals surface area contributed by atoms with Gasteiger partial charge in [-0.15, -0.1) is 0 Å². The molecule has 0 aliphatic carbocycles. The van der Waals surface area contributed by atoms with Crippen molar-refractivity contribution in [2.24, 2.45) is 0 Å². The summed E-state index contributed by atoms with van der Waals surface area (Å²) >= 11 is 4.68. The van der Waals surface area contributed by atoms with Crippen molar-refractivity contribution >= 4 is 73.3 Å². The molecule has 34 heavy (non-hydrogen) atoms. The van der Waals surface area contributed by atoms with E-state index < -0.39 is 0 Å². The molecule has 0 radical (unpaired) electrons. The molecule has 3 N–H and O–H groups in total. The molecule has 0 aliphatic heterocycles. The number of rotatable bonds is 8. The number of hydrogen-bond donors (Lipinski definition) is 3. The molecular weight excluding hydrogens is 514 g/mol. The highest BCUT2D eigenvalue weighted by molar-refractivity contribution is 9.10. The third-order valence-corrected chi connectivity index (χ3v) is 6.00. The van der Waals surface area contributed by atoms with Gasteiger partial charge >= 0.3 is 0 Å². The van der Waals surface area contributed by atoms with E-state index in [-0.39, 0.29) is 17.6 Å². The molecule has 0 bridgehead atoms. The van der Waals surface area contributed by atoms with Crippen molar-refractivity contribution in [2.45, 2.75) is 5.16 Å². The third kappa shape index (κ3) is 6.21. The number of nitrogens with one attached hydrogen (secondary N) is 3. The van der Waals surface area contributed by atoms with Crippen molar-refractivity contribution in [3.05, 3.63) is 89.9 Å². The van der Waals surface area contributed by atoms with Crippen molar-refractivity contribution in [1.82, 2.24) is 9.97 Å². The number of fused-ring (bicyclic) bond motifs is 1. The second-order valence-corrected chi connectivity index (χ2v) is 8.97. The Morgan fingerprint density at radius 2 is 1.65 bits per heavy atom. The fourth-order valence-corrected chi connectivity index (χ4v) is 4.00. The van der Waals surface area contributed by atoms with Crippen molar-refractivity contribution in [3.63, 3.8) is 0 Å². The zero-order valence-corrected chi connectivity index (χ0v) is 20.3. The maximum absolute atomic E-state index is 12.5. The first-order valence-corrected chi connectivity index (χ1v) is 12.0. The van der Waals surface area contributed by atoms with Gasteiger partial charge in [-0.3, -0.25) is 9.59 Å². The van der Waals surface area contributed by atoms with Crippen LogP contribution < -0.4 is 16.0 Å². The molecule has 0 aliphatic rings. The Hall–Kier alpha value is -3.69. The number of amides is 2. The Labute approximate surface area is 209 Å². The van der Waals surface area contributed by atoms with Crippen molar-refractivity contribution < 1.29 is 9.59 Å². The summed E-state index contributed by atoms with van der Waals surface area (Å²) < 4.78 is 0.987. The number of halogens is 1. The minimum absolute atomic E-state index is 0.124. The predicted octanol–water partition coefficient (Wildman–Crippen LogP) is 5.99. The van der Waals surface area contributed by atoms with Gasteiger partial charge in [0.25, 0.3) is 0 Å². The van der Waals surface area contributed by atoms with Crippen LogP contribution in [0.5, 0.6) is 0 Å². The summed E-state index contributed by atoms with van der Waals surface area (Å²) in [7, 11) is 0. The highest BCUT2D eigenvalue weighted by Crippen LogP contribution is 2.27. The standard InChI is InChI=1S/C25H20BrN5O2S/c1-2-22(32)27-18-6-5-7-19(14-18)28-23(33)15-34-25-30-21-9-4-3-8-20(21)24(31-25)29-17-12-10-16(26)11-13-17/h2-14H,1,15H2,(H,27,32)(H,28,33)(H,29,30,31). The van der Waals surface area contributed by atoms with Crippen LogP contribution in [0.15, 0.2) is 95.1 Å². The van der Waals surface area contributed by atoms with Crippen LogP contribution in [-0.4, -0.2) is 27.5 Å². The Kier molecular flexibility index (Phi) is 7.56. The lowest BCUT2D eigenvalue weighted by atomic mass is 10.2. The molecule has 0 unspecified atom stereocenters. The van der Waals surface area contributed by atoms with Gasteiger partial charge in [-0.1, -0.05) is 52.5 Å². The number of nitrogens with zero attached hydrogens (tertiary/aromatic N) is 2. The van der Waals surface area contributed by atoms with E-state index in [0.717, 1.165) is 21.1 Å². The summed E-state index contributed by atoms with van der Waals surface area (Å²) in [5, 5.41) is 10.2. The normalized spacial score (nSPS) is 10.5. The first-order chi connectivity index (χ1) is 16.5. The molecule has 0 spiro atoms. The fraction of sp³-hybridized carbons (Fsp3) is 0.0400. The van der Waals surface area contributed by atoms with Crippen molar-refractivity contribution in [3.8, 4) is 0 Å². The molecule has 1 heterocycles. The van der Waals surface area contributed by atoms with Crippen LogP contribution in [0.1, 0.15) is 0 Å². The van der Waals surface area contributed by atoms with E-state index in [1.165, 1.54) is 17.8 Å². The predicted molar refractivity (Wildman–Crippen MR) is 142 cm³/mol. The summed E-state index contributed by atoms with van der Waals surface area (Å²) in [5.41, 5.74) is 2.82. The van der Waals surface area contributed by atoms with Gasteiger partial charge in [0.15, 0.2) is 5.16 Å². The molecule has 0 atom stereocenters. The zero-order valence-electron chi connectivity index (χ0n) is 17.9. The molecule has 0 saturated carbocycles. The third-order valence-electron chi connectivity index (χ3n) is 4.62. The van der Waals surface area contributed by atoms with Gasteiger partial charge < -0.3 is 16.0 Å². The molecule has 0 saturated heterocycles. The van der Waals surface area contributed by atoms with Crippen LogP contribution in [0.3, 0.4) is 0 Å². The van der Waals surface area contributed by atoms with Gasteiger partial charge in [-0.25, -0.2) is 9.97 Å². The number of anilines is 4. The number of carbonyl (C=O) groups excluding carboxylic acids is 2. The van der Waals surface area contributed by atoms with Gasteiger partial charge in [-0.05, 0) is 60.7 Å². The van der Waals surface area contributed by atoms with Gasteiger partial charge in [0, 0.05) is 26.9 Å². The molecule has 4 rings (SSSR count). The van der Waals surface area contributed by atoms with E-state index in [9.17, 15) is 9.59 Å². The summed E-state index contributed by atoms with van der Waals surface area (Å²) in [6, 6.07) is 22.4. The molecule has 4 aromatic rings. The van der Waals surface area contributed by atoms with Crippen molar-refractivity contribution in [1.29, 1.82) is 0 Å². The smallest absolute Gasteiger partial charge is 0.247 e. The average molecular weight is 534 g/mol. The van der Waals surface area contributed by atoms with Gasteiger partial charge in [0.1, 0.15) is 5.82 Å². The number of thioether (sulfide) groups is 1. The molecule has 7 nitrogen and oxygen atoms in total. The topological polar surface area (TPSA) is 96.0 Å². The lowest BCUT2D eigenvalue weighted by Gasteiger charge is -2.11. The first-order valence-electron chi connectivity index (χ1n) is 10.3. The zero-order chi connectivity index (χ0) is 23.9. The second kappa shape index (κ2) is 11.0. The maximum Gasteiger partial charge on any atom is 0.247 e. The monoisotopic (exact) mass is 533 g/mol. The van der Waals surface area contributed by atoms with E-state index in [1.54, 1.807) is 24.3 Å². The number of carbonyl (C=O) groups is 2. The average Bonchev–Trinajstić information content (AvgIpc) is 2.84. The lowest BCUT2D eigenvalue weighted by Crippen LogP contribution is -2.15. The minimum Gasteiger partial charge on any atom is -0.340 e. The Morgan fingerprint density at radius 1 is 0.912 bits per heavy atom. The van der Waals surface area contributed by atoms with E-state index in [2.05, 4.69) is 48.4 Å². The number of hydrogen-bond acceptors (Lipinski definition) is 6. The number of aromatic nitrogens is 2. The quantitative estimate of drug-likeness (QED) is 0.146. The van der Waals surface area contributed by atoms with Gasteiger partial charge in [0.05, 0.1) is 11.3 Å². The number of benzene rings is 3. The summed E-state index contributed by atoms with van der Waals surface area (Å²) in [6.45, 7) is 3.43. The SMILES string of the molecule is C=CC(=O)Nc1cccc(NC(=O)CSc2nc(Nc3ccc(Br)cc3)c3ccccc3n2)c1. The summed E-state index contributed by atoms with van der Waals surface area (Å²) in [4.78, 5) is 33.3. The molecule has 170 valence electrons. The maximum atomic E-state index is 12.5. The lowest BCUT2D eigenvalue weighted by molar-refractivity contribution is -0.114. The van der Waals surface area contributed by atoms with Crippen LogP contribution in [0, 0.1) is 0 Å². The minimum atomic E-state index is -0.319. The second-order valence-electron chi connectivity index (χ2n) is 7.11. The van der Waals surface area contributed by atoms with Crippen LogP contribution in [0.4, 0.5) is 22.9 Å². The Bertz CT molecular complexity index is 1360.